The number of nitrogens with zero attached hydrogens (tertiary/aromatic N) is 6. The minimum atomic E-state index is -3.92. The van der Waals surface area contributed by atoms with Gasteiger partial charge in [-0.3, -0.25) is 4.79 Å². The zero-order valence-corrected chi connectivity index (χ0v) is 30.5. The lowest BCUT2D eigenvalue weighted by atomic mass is 9.91. The molecule has 0 radical (unpaired) electrons. The van der Waals surface area contributed by atoms with Gasteiger partial charge in [-0.1, -0.05) is 24.3 Å². The van der Waals surface area contributed by atoms with Crippen molar-refractivity contribution in [2.75, 3.05) is 29.1 Å². The first-order chi connectivity index (χ1) is 27.3. The molecule has 1 aliphatic rings. The molecular weight excluding hydrogens is 763 g/mol. The van der Waals surface area contributed by atoms with E-state index in [1.165, 1.54) is 47.7 Å². The molecule has 3 aromatic heterocycles. The average Bonchev–Trinajstić information content (AvgIpc) is 3.90. The summed E-state index contributed by atoms with van der Waals surface area (Å²) in [5, 5.41) is 71.6. The molecule has 1 saturated carbocycles. The Morgan fingerprint density at radius 2 is 1.51 bits per heavy atom. The fraction of sp³-hybridized carbons (Fsp3) is 0.222. The van der Waals surface area contributed by atoms with E-state index in [1.807, 2.05) is 0 Å². The number of hydrogen-bond acceptors (Lipinski definition) is 14. The van der Waals surface area contributed by atoms with Crippen LogP contribution in [0, 0.1) is 0 Å². The molecule has 0 aliphatic heterocycles. The average molecular weight is 800 g/mol. The first kappa shape index (κ1) is 38.6. The number of urea groups is 1. The number of carbonyl (C=O) groups is 2. The lowest BCUT2D eigenvalue weighted by Crippen LogP contribution is -2.44. The number of aromatic nitrogens is 6. The van der Waals surface area contributed by atoms with Crippen LogP contribution in [0.25, 0.3) is 17.1 Å². The van der Waals surface area contributed by atoms with E-state index in [2.05, 4.69) is 31.3 Å². The quantitative estimate of drug-likeness (QED) is 0.0830. The predicted molar refractivity (Wildman–Crippen MR) is 204 cm³/mol. The molecule has 1 fully saturated rings. The molecule has 3 heterocycles. The third-order valence-corrected chi connectivity index (χ3v) is 10.4. The van der Waals surface area contributed by atoms with Gasteiger partial charge in [0, 0.05) is 18.2 Å². The van der Waals surface area contributed by atoms with Gasteiger partial charge in [-0.2, -0.15) is 15.1 Å². The Morgan fingerprint density at radius 3 is 2.12 bits per heavy atom. The molecule has 4 atom stereocenters. The molecule has 0 bridgehead atoms. The van der Waals surface area contributed by atoms with Gasteiger partial charge in [0.2, 0.25) is 15.9 Å². The number of imidazole rings is 1. The highest BCUT2D eigenvalue weighted by atomic mass is 32.2. The van der Waals surface area contributed by atoms with Gasteiger partial charge in [0.05, 0.1) is 41.4 Å². The highest BCUT2D eigenvalue weighted by Gasteiger charge is 2.44. The van der Waals surface area contributed by atoms with Gasteiger partial charge in [0.1, 0.15) is 30.3 Å². The summed E-state index contributed by atoms with van der Waals surface area (Å²) < 4.78 is 26.0. The van der Waals surface area contributed by atoms with E-state index in [0.29, 0.717) is 5.69 Å². The number of primary sulfonamides is 1. The first-order valence-corrected chi connectivity index (χ1v) is 18.9. The SMILES string of the molecule is NS(=O)(=O)c1ccc(NC(=O)Nc2cnn(-c3nc(NCC(c4ccc(O)cc4)c4ccc(O)cc4)c4ncn([C@@H]5C[C@H](NC(=O)CO)[C@@H](O)[C@H]5O)c4n3)c2)cc1. The number of nitrogens with two attached hydrogens (primary N) is 1. The minimum absolute atomic E-state index is 0.0165. The molecule has 0 saturated heterocycles. The van der Waals surface area contributed by atoms with Crippen LogP contribution in [-0.4, -0.2) is 107 Å². The number of benzene rings is 3. The number of rotatable bonds is 12. The number of anilines is 3. The number of amides is 3. The van der Waals surface area contributed by atoms with Crippen LogP contribution in [-0.2, 0) is 14.8 Å². The molecule has 3 aromatic carbocycles. The summed E-state index contributed by atoms with van der Waals surface area (Å²) in [7, 11) is -3.92. The van der Waals surface area contributed by atoms with Gasteiger partial charge in [-0.05, 0) is 66.1 Å². The van der Waals surface area contributed by atoms with E-state index in [0.717, 1.165) is 11.1 Å². The smallest absolute Gasteiger partial charge is 0.323 e. The molecular formula is C36H37N11O9S. The van der Waals surface area contributed by atoms with Crippen molar-refractivity contribution in [3.8, 4) is 17.4 Å². The van der Waals surface area contributed by atoms with Gasteiger partial charge >= 0.3 is 6.03 Å². The number of carbonyl (C=O) groups excluding carboxylic acids is 2. The second-order valence-electron chi connectivity index (χ2n) is 13.3. The summed E-state index contributed by atoms with van der Waals surface area (Å²) in [6, 6.07) is 16.3. The molecule has 3 amide bonds. The van der Waals surface area contributed by atoms with Crippen molar-refractivity contribution < 1.29 is 43.5 Å². The maximum absolute atomic E-state index is 12.8. The number of aromatic hydroxyl groups is 2. The van der Waals surface area contributed by atoms with Gasteiger partial charge < -0.3 is 51.4 Å². The van der Waals surface area contributed by atoms with E-state index in [4.69, 9.17) is 15.1 Å². The zero-order valence-electron chi connectivity index (χ0n) is 29.7. The Bertz CT molecular complexity index is 2470. The second kappa shape index (κ2) is 15.8. The van der Waals surface area contributed by atoms with Crippen molar-refractivity contribution in [3.63, 3.8) is 0 Å². The molecule has 7 rings (SSSR count). The molecule has 0 spiro atoms. The highest BCUT2D eigenvalue weighted by molar-refractivity contribution is 7.89. The normalized spacial score (nSPS) is 18.1. The monoisotopic (exact) mass is 799 g/mol. The third-order valence-electron chi connectivity index (χ3n) is 9.46. The third kappa shape index (κ3) is 8.46. The van der Waals surface area contributed by atoms with E-state index in [9.17, 15) is 43.5 Å². The molecule has 6 aromatic rings. The molecule has 0 unspecified atom stereocenters. The molecule has 20 nitrogen and oxygen atoms in total. The van der Waals surface area contributed by atoms with Crippen LogP contribution >= 0.6 is 0 Å². The van der Waals surface area contributed by atoms with Crippen molar-refractivity contribution in [1.82, 2.24) is 34.6 Å². The fourth-order valence-electron chi connectivity index (χ4n) is 6.61. The topological polar surface area (TPSA) is 305 Å². The van der Waals surface area contributed by atoms with Crippen molar-refractivity contribution >= 4 is 50.3 Å². The highest BCUT2D eigenvalue weighted by Crippen LogP contribution is 2.35. The largest absolute Gasteiger partial charge is 0.508 e. The summed E-state index contributed by atoms with van der Waals surface area (Å²) >= 11 is 0. The maximum atomic E-state index is 12.8. The Balaban J connectivity index is 1.21. The van der Waals surface area contributed by atoms with Crippen LogP contribution < -0.4 is 26.4 Å². The summed E-state index contributed by atoms with van der Waals surface area (Å²) in [5.41, 5.74) is 2.71. The summed E-state index contributed by atoms with van der Waals surface area (Å²) in [5.74, 6) is -0.592. The summed E-state index contributed by atoms with van der Waals surface area (Å²) in [4.78, 5) is 38.6. The van der Waals surface area contributed by atoms with Crippen molar-refractivity contribution in [1.29, 1.82) is 0 Å². The van der Waals surface area contributed by atoms with Gasteiger partial charge in [0.25, 0.3) is 5.95 Å². The number of phenols is 2. The predicted octanol–water partition coefficient (Wildman–Crippen LogP) is 1.10. The van der Waals surface area contributed by atoms with Crippen LogP contribution in [0.2, 0.25) is 0 Å². The number of aliphatic hydroxyl groups is 3. The Morgan fingerprint density at radius 1 is 0.877 bits per heavy atom. The molecule has 296 valence electrons. The van der Waals surface area contributed by atoms with Gasteiger partial charge in [-0.25, -0.2) is 28.0 Å². The molecule has 1 aliphatic carbocycles. The van der Waals surface area contributed by atoms with Gasteiger partial charge in [-0.15, -0.1) is 0 Å². The molecule has 21 heteroatoms. The lowest BCUT2D eigenvalue weighted by Gasteiger charge is -2.20. The van der Waals surface area contributed by atoms with Crippen LogP contribution in [0.1, 0.15) is 29.5 Å². The second-order valence-corrected chi connectivity index (χ2v) is 14.8. The molecule has 57 heavy (non-hydrogen) atoms. The number of sulfonamides is 1. The first-order valence-electron chi connectivity index (χ1n) is 17.4. The Kier molecular flexibility index (Phi) is 10.7. The standard InChI is InChI=1S/C36H37N11O9S/c37-57(55,56)25-11-5-21(6-12-25)41-36(54)42-22-14-40-47(16-22)35-44-33(38-15-26(19-1-7-23(49)8-2-19)20-3-9-24(50)10-4-20)30-34(45-35)46(18-39-30)28-13-27(31(52)32(28)53)43-29(51)17-48/h1-12,14,16,18,26-28,31-32,48-50,52-53H,13,15,17H2,(H,43,51)(H2,37,55,56)(H,38,44,45)(H2,41,42,54)/t27-,28+,31+,32-/m0/s1. The van der Waals surface area contributed by atoms with Crippen molar-refractivity contribution in [2.24, 2.45) is 5.14 Å². The lowest BCUT2D eigenvalue weighted by molar-refractivity contribution is -0.125. The fourth-order valence-corrected chi connectivity index (χ4v) is 7.13. The number of phenolic OH excluding ortho intramolecular Hbond substituents is 2. The number of fused-ring (bicyclic) bond motifs is 1. The van der Waals surface area contributed by atoms with Crippen molar-refractivity contribution in [3.05, 3.63) is 103 Å². The van der Waals surface area contributed by atoms with Crippen molar-refractivity contribution in [2.45, 2.75) is 41.5 Å². The van der Waals surface area contributed by atoms with E-state index in [-0.39, 0.29) is 63.9 Å². The minimum Gasteiger partial charge on any atom is -0.508 e. The maximum Gasteiger partial charge on any atom is 0.323 e. The van der Waals surface area contributed by atoms with Crippen LogP contribution in [0.15, 0.2) is 96.4 Å². The van der Waals surface area contributed by atoms with Crippen LogP contribution in [0.4, 0.5) is 22.0 Å². The Hall–Kier alpha value is -6.65. The van der Waals surface area contributed by atoms with E-state index >= 15 is 0 Å². The summed E-state index contributed by atoms with van der Waals surface area (Å²) in [6.45, 7) is -0.562. The van der Waals surface area contributed by atoms with Crippen LogP contribution in [0.3, 0.4) is 0 Å². The van der Waals surface area contributed by atoms with Crippen LogP contribution in [0.5, 0.6) is 11.5 Å². The van der Waals surface area contributed by atoms with E-state index in [1.54, 1.807) is 53.1 Å². The number of aliphatic hydroxyl groups excluding tert-OH is 3. The Labute approximate surface area is 323 Å². The van der Waals surface area contributed by atoms with Gasteiger partial charge in [0.15, 0.2) is 17.0 Å². The van der Waals surface area contributed by atoms with E-state index < -0.39 is 52.9 Å². The zero-order chi connectivity index (χ0) is 40.4. The number of nitrogens with one attached hydrogen (secondary N) is 4. The summed E-state index contributed by atoms with van der Waals surface area (Å²) in [6.07, 6.45) is 1.57. The molecule has 11 N–H and O–H groups in total. The number of hydrogen-bond donors (Lipinski definition) is 10.